The summed E-state index contributed by atoms with van der Waals surface area (Å²) in [6.45, 7) is 5.38. The molecule has 10 heteroatoms. The predicted octanol–water partition coefficient (Wildman–Crippen LogP) is 7.23. The number of aliphatic hydroxyl groups excluding tert-OH is 1. The summed E-state index contributed by atoms with van der Waals surface area (Å²) in [6.07, 6.45) is 3.65. The first-order valence-corrected chi connectivity index (χ1v) is 21.9. The van der Waals surface area contributed by atoms with Gasteiger partial charge in [-0.1, -0.05) is 78.9 Å². The fourth-order valence-corrected chi connectivity index (χ4v) is 9.71. The molecule has 314 valence electrons. The van der Waals surface area contributed by atoms with Crippen LogP contribution in [0.25, 0.3) is 0 Å². The van der Waals surface area contributed by atoms with Gasteiger partial charge in [0.2, 0.25) is 11.8 Å². The fourth-order valence-electron chi connectivity index (χ4n) is 9.71. The van der Waals surface area contributed by atoms with Gasteiger partial charge in [0.1, 0.15) is 24.1 Å². The van der Waals surface area contributed by atoms with E-state index in [2.05, 4.69) is 106 Å². The molecule has 5 aromatic carbocycles. The molecule has 1 aliphatic carbocycles. The summed E-state index contributed by atoms with van der Waals surface area (Å²) < 4.78 is 12.4. The van der Waals surface area contributed by atoms with Crippen LogP contribution >= 0.6 is 0 Å². The van der Waals surface area contributed by atoms with Crippen LogP contribution < -0.4 is 19.7 Å². The maximum absolute atomic E-state index is 13.1. The van der Waals surface area contributed by atoms with Crippen LogP contribution in [0.3, 0.4) is 0 Å². The third kappa shape index (κ3) is 9.21. The van der Waals surface area contributed by atoms with E-state index in [9.17, 15) is 19.5 Å². The summed E-state index contributed by atoms with van der Waals surface area (Å²) in [7, 11) is 0. The Bertz CT molecular complexity index is 2330. The largest absolute Gasteiger partial charge is 0.494 e. The molecule has 0 saturated carbocycles. The number of nitrogens with zero attached hydrogens (tertiary/aromatic N) is 3. The average Bonchev–Trinajstić information content (AvgIpc) is 3.62. The number of hydrogen-bond acceptors (Lipinski definition) is 8. The molecule has 3 aliphatic heterocycles. The number of piperazine rings is 1. The van der Waals surface area contributed by atoms with Crippen molar-refractivity contribution >= 4 is 23.4 Å². The standard InChI is InChI=1S/C51H54N4O6/c56-41(33-53-25-27-54(28-26-53)40-16-21-46-39(30-40)32-55(51(46)59)47-23-24-48(57)52-50(47)58)12-7-29-60-42-17-13-37(14-18-42)49-44(36-10-5-2-6-11-36)20-15-38-31-43(19-22-45(38)49)61-34-35-8-3-1-4-9-35/h1-6,8-11,13-14,16-19,21-22,30-31,41,44,47,49,56H,7,12,15,20,23-29,32-34H2,(H,52,57,58)/t41?,44-,47?,49+/m1/s1. The van der Waals surface area contributed by atoms with Gasteiger partial charge < -0.3 is 24.4 Å². The van der Waals surface area contributed by atoms with Crippen LogP contribution in [-0.4, -0.2) is 84.1 Å². The van der Waals surface area contributed by atoms with Gasteiger partial charge in [-0.2, -0.15) is 0 Å². The van der Waals surface area contributed by atoms with Crippen molar-refractivity contribution in [2.45, 2.75) is 75.7 Å². The van der Waals surface area contributed by atoms with Gasteiger partial charge in [0.15, 0.2) is 0 Å². The molecular weight excluding hydrogens is 765 g/mol. The van der Waals surface area contributed by atoms with Crippen molar-refractivity contribution in [1.29, 1.82) is 0 Å². The highest BCUT2D eigenvalue weighted by Gasteiger charge is 2.39. The molecule has 61 heavy (non-hydrogen) atoms. The predicted molar refractivity (Wildman–Crippen MR) is 235 cm³/mol. The second-order valence-corrected chi connectivity index (χ2v) is 16.9. The minimum absolute atomic E-state index is 0.155. The number of fused-ring (bicyclic) bond motifs is 2. The van der Waals surface area contributed by atoms with E-state index >= 15 is 0 Å². The van der Waals surface area contributed by atoms with E-state index in [1.165, 1.54) is 22.3 Å². The van der Waals surface area contributed by atoms with Crippen molar-refractivity contribution in [1.82, 2.24) is 15.1 Å². The normalized spacial score (nSPS) is 20.8. The molecule has 0 radical (unpaired) electrons. The number of hydrogen-bond donors (Lipinski definition) is 2. The van der Waals surface area contributed by atoms with Gasteiger partial charge >= 0.3 is 0 Å². The summed E-state index contributed by atoms with van der Waals surface area (Å²) in [4.78, 5) is 43.4. The zero-order chi connectivity index (χ0) is 41.7. The number of aliphatic hydroxyl groups is 1. The quantitative estimate of drug-likeness (QED) is 0.0893. The van der Waals surface area contributed by atoms with E-state index < -0.39 is 18.1 Å². The summed E-state index contributed by atoms with van der Waals surface area (Å²) in [5, 5.41) is 13.3. The topological polar surface area (TPSA) is 112 Å². The number of aryl methyl sites for hydroxylation is 1. The van der Waals surface area contributed by atoms with Gasteiger partial charge in [0.25, 0.3) is 5.91 Å². The van der Waals surface area contributed by atoms with Crippen LogP contribution in [0.1, 0.15) is 87.7 Å². The van der Waals surface area contributed by atoms with Crippen molar-refractivity contribution < 1.29 is 29.0 Å². The van der Waals surface area contributed by atoms with E-state index in [0.717, 1.165) is 73.8 Å². The first-order chi connectivity index (χ1) is 29.9. The van der Waals surface area contributed by atoms with Crippen LogP contribution in [0.4, 0.5) is 5.69 Å². The highest BCUT2D eigenvalue weighted by molar-refractivity contribution is 6.05. The highest BCUT2D eigenvalue weighted by atomic mass is 16.5. The maximum Gasteiger partial charge on any atom is 0.255 e. The van der Waals surface area contributed by atoms with Crippen LogP contribution in [0.2, 0.25) is 0 Å². The Morgan fingerprint density at radius 1 is 0.721 bits per heavy atom. The number of amides is 3. The number of carbonyl (C=O) groups is 3. The Labute approximate surface area is 358 Å². The van der Waals surface area contributed by atoms with E-state index in [0.29, 0.717) is 50.6 Å². The molecule has 10 nitrogen and oxygen atoms in total. The van der Waals surface area contributed by atoms with E-state index in [1.807, 2.05) is 30.3 Å². The minimum Gasteiger partial charge on any atom is -0.494 e. The summed E-state index contributed by atoms with van der Waals surface area (Å²) >= 11 is 0. The lowest BCUT2D eigenvalue weighted by atomic mass is 9.69. The number of β-amino-alcohol motifs (C(OH)–C–C–N with tert-alkyl or cyclic N) is 1. The number of carbonyl (C=O) groups excluding carboxylic acids is 3. The van der Waals surface area contributed by atoms with Gasteiger partial charge in [0.05, 0.1) is 12.7 Å². The summed E-state index contributed by atoms with van der Waals surface area (Å²) in [5.41, 5.74) is 9.10. The molecule has 0 spiro atoms. The number of anilines is 1. The van der Waals surface area contributed by atoms with Gasteiger partial charge in [-0.05, 0) is 114 Å². The van der Waals surface area contributed by atoms with Crippen molar-refractivity contribution in [3.05, 3.63) is 160 Å². The van der Waals surface area contributed by atoms with Gasteiger partial charge in [-0.15, -0.1) is 0 Å². The average molecular weight is 819 g/mol. The van der Waals surface area contributed by atoms with Gasteiger partial charge in [-0.25, -0.2) is 0 Å². The highest BCUT2D eigenvalue weighted by Crippen LogP contribution is 2.47. The zero-order valence-electron chi connectivity index (χ0n) is 34.6. The Kier molecular flexibility index (Phi) is 12.2. The molecule has 3 amide bonds. The Morgan fingerprint density at radius 3 is 2.25 bits per heavy atom. The first kappa shape index (κ1) is 40.4. The van der Waals surface area contributed by atoms with Crippen LogP contribution in [0.15, 0.2) is 121 Å². The lowest BCUT2D eigenvalue weighted by Crippen LogP contribution is -2.52. The van der Waals surface area contributed by atoms with Crippen LogP contribution in [0, 0.1) is 0 Å². The molecule has 2 unspecified atom stereocenters. The second kappa shape index (κ2) is 18.3. The third-order valence-corrected chi connectivity index (χ3v) is 13.0. The smallest absolute Gasteiger partial charge is 0.255 e. The molecule has 0 bridgehead atoms. The molecule has 0 aromatic heterocycles. The van der Waals surface area contributed by atoms with E-state index in [4.69, 9.17) is 9.47 Å². The van der Waals surface area contributed by atoms with Crippen molar-refractivity contribution in [2.75, 3.05) is 44.2 Å². The lowest BCUT2D eigenvalue weighted by molar-refractivity contribution is -0.136. The number of piperidine rings is 1. The number of nitrogens with one attached hydrogen (secondary N) is 1. The lowest BCUT2D eigenvalue weighted by Gasteiger charge is -2.37. The minimum atomic E-state index is -0.615. The molecule has 2 N–H and O–H groups in total. The Hall–Kier alpha value is -5.97. The fraction of sp³-hybridized carbons (Fsp3) is 0.353. The number of imide groups is 1. The Balaban J connectivity index is 0.744. The third-order valence-electron chi connectivity index (χ3n) is 13.0. The van der Waals surface area contributed by atoms with Gasteiger partial charge in [-0.3, -0.25) is 24.6 Å². The number of ether oxygens (including phenoxy) is 2. The monoisotopic (exact) mass is 818 g/mol. The first-order valence-electron chi connectivity index (χ1n) is 21.9. The molecule has 2 fully saturated rings. The van der Waals surface area contributed by atoms with Crippen LogP contribution in [0.5, 0.6) is 11.5 Å². The molecule has 4 aliphatic rings. The van der Waals surface area contributed by atoms with E-state index in [1.54, 1.807) is 4.90 Å². The van der Waals surface area contributed by atoms with Crippen LogP contribution in [-0.2, 0) is 29.2 Å². The van der Waals surface area contributed by atoms with Gasteiger partial charge in [0, 0.05) is 62.9 Å². The maximum atomic E-state index is 13.1. The van der Waals surface area contributed by atoms with Crippen molar-refractivity contribution in [3.63, 3.8) is 0 Å². The van der Waals surface area contributed by atoms with E-state index in [-0.39, 0.29) is 24.2 Å². The molecular formula is C51H54N4O6. The second-order valence-electron chi connectivity index (χ2n) is 16.9. The molecule has 5 aromatic rings. The molecule has 3 heterocycles. The zero-order valence-corrected chi connectivity index (χ0v) is 34.6. The van der Waals surface area contributed by atoms with Crippen molar-refractivity contribution in [2.24, 2.45) is 0 Å². The Morgan fingerprint density at radius 2 is 1.48 bits per heavy atom. The molecule has 4 atom stereocenters. The number of benzene rings is 5. The number of rotatable bonds is 14. The molecule has 9 rings (SSSR count). The van der Waals surface area contributed by atoms with Crippen molar-refractivity contribution in [3.8, 4) is 11.5 Å². The molecule has 2 saturated heterocycles. The SMILES string of the molecule is O=C1CCC(N2Cc3cc(N4CCN(CC(O)CCCOc5ccc([C@@H]6c7ccc(OCc8ccccc8)cc7CC[C@@H]6c6ccccc6)cc5)CC4)ccc3C2=O)C(=O)N1. The summed E-state index contributed by atoms with van der Waals surface area (Å²) in [5.74, 6) is 1.50. The summed E-state index contributed by atoms with van der Waals surface area (Å²) in [6, 6.07) is 41.7.